The third-order valence-corrected chi connectivity index (χ3v) is 5.77. The zero-order valence-corrected chi connectivity index (χ0v) is 15.4. The smallest absolute Gasteiger partial charge is 0.182 e. The van der Waals surface area contributed by atoms with E-state index in [0.29, 0.717) is 0 Å². The van der Waals surface area contributed by atoms with Crippen LogP contribution in [0.4, 0.5) is 11.4 Å². The Morgan fingerprint density at radius 2 is 1.57 bits per heavy atom. The van der Waals surface area contributed by atoms with Crippen LogP contribution in [0.2, 0.25) is 0 Å². The predicted molar refractivity (Wildman–Crippen MR) is 97.9 cm³/mol. The van der Waals surface area contributed by atoms with Crippen molar-refractivity contribution in [1.29, 1.82) is 0 Å². The molecule has 1 atom stereocenters. The number of nitrogens with one attached hydrogen (secondary N) is 1. The molecule has 0 aromatic heterocycles. The van der Waals surface area contributed by atoms with E-state index in [9.17, 15) is 4.55 Å². The van der Waals surface area contributed by atoms with Crippen molar-refractivity contribution in [3.05, 3.63) is 48.0 Å². The molecular weight excluding hydrogens is 302 g/mol. The first kappa shape index (κ1) is 16.4. The largest absolute Gasteiger partial charge is 0.606 e. The molecule has 2 nitrogen and oxygen atoms in total. The van der Waals surface area contributed by atoms with Gasteiger partial charge in [0.2, 0.25) is 0 Å². The van der Waals surface area contributed by atoms with E-state index < -0.39 is 11.2 Å². The van der Waals surface area contributed by atoms with Crippen LogP contribution in [0.3, 0.4) is 0 Å². The first-order chi connectivity index (χ1) is 10.7. The van der Waals surface area contributed by atoms with Gasteiger partial charge in [0, 0.05) is 11.2 Å². The molecular formula is C20H25NOS. The van der Waals surface area contributed by atoms with E-state index in [4.69, 9.17) is 0 Å². The Labute approximate surface area is 142 Å². The van der Waals surface area contributed by atoms with Gasteiger partial charge in [-0.15, -0.1) is 0 Å². The van der Waals surface area contributed by atoms with Crippen LogP contribution in [0, 0.1) is 5.41 Å². The molecule has 0 saturated carbocycles. The van der Waals surface area contributed by atoms with Crippen LogP contribution < -0.4 is 5.32 Å². The van der Waals surface area contributed by atoms with Crippen LogP contribution in [0.5, 0.6) is 0 Å². The summed E-state index contributed by atoms with van der Waals surface area (Å²) >= 11 is -1.12. The number of fused-ring (bicyclic) bond motifs is 2. The van der Waals surface area contributed by atoms with Crippen LogP contribution in [0.1, 0.15) is 46.6 Å². The van der Waals surface area contributed by atoms with Gasteiger partial charge < -0.3 is 9.87 Å². The second-order valence-electron chi connectivity index (χ2n) is 8.19. The van der Waals surface area contributed by atoms with E-state index in [1.54, 1.807) is 0 Å². The fourth-order valence-electron chi connectivity index (χ4n) is 3.78. The highest BCUT2D eigenvalue weighted by molar-refractivity contribution is 7.92. The van der Waals surface area contributed by atoms with Crippen molar-refractivity contribution in [1.82, 2.24) is 0 Å². The van der Waals surface area contributed by atoms with Crippen molar-refractivity contribution in [3.8, 4) is 0 Å². The van der Waals surface area contributed by atoms with Crippen molar-refractivity contribution in [3.63, 3.8) is 0 Å². The molecule has 1 unspecified atom stereocenters. The van der Waals surface area contributed by atoms with Crippen LogP contribution in [-0.4, -0.2) is 4.55 Å². The number of hydrogen-bond donors (Lipinski definition) is 1. The molecule has 3 heteroatoms. The minimum Gasteiger partial charge on any atom is -0.606 e. The molecule has 1 N–H and O–H groups in total. The van der Waals surface area contributed by atoms with Gasteiger partial charge in [-0.1, -0.05) is 58.9 Å². The summed E-state index contributed by atoms with van der Waals surface area (Å²) in [5, 5.41) is 3.54. The predicted octanol–water partition coefficient (Wildman–Crippen LogP) is 5.62. The number of benzene rings is 2. The van der Waals surface area contributed by atoms with E-state index in [1.807, 2.05) is 36.4 Å². The average molecular weight is 327 g/mol. The van der Waals surface area contributed by atoms with Gasteiger partial charge in [-0.05, 0) is 41.0 Å². The van der Waals surface area contributed by atoms with E-state index in [1.165, 1.54) is 5.56 Å². The lowest BCUT2D eigenvalue weighted by Crippen LogP contribution is -2.27. The highest BCUT2D eigenvalue weighted by atomic mass is 32.2. The molecule has 0 bridgehead atoms. The summed E-state index contributed by atoms with van der Waals surface area (Å²) in [6.07, 6.45) is 1.06. The molecule has 3 rings (SSSR count). The zero-order valence-electron chi connectivity index (χ0n) is 14.6. The van der Waals surface area contributed by atoms with Gasteiger partial charge in [0.1, 0.15) is 0 Å². The van der Waals surface area contributed by atoms with Crippen molar-refractivity contribution < 1.29 is 4.55 Å². The fourth-order valence-corrected chi connectivity index (χ4v) is 5.09. The minimum atomic E-state index is -1.12. The Balaban J connectivity index is 2.09. The maximum atomic E-state index is 12.9. The minimum absolute atomic E-state index is 0.00702. The number of para-hydroxylation sites is 2. The lowest BCUT2D eigenvalue weighted by molar-refractivity contribution is 0.284. The maximum absolute atomic E-state index is 12.9. The van der Waals surface area contributed by atoms with Gasteiger partial charge in [0.05, 0.1) is 11.4 Å². The second-order valence-corrected chi connectivity index (χ2v) is 9.61. The van der Waals surface area contributed by atoms with E-state index in [2.05, 4.69) is 46.0 Å². The Bertz CT molecular complexity index is 731. The van der Waals surface area contributed by atoms with Gasteiger partial charge in [0.15, 0.2) is 9.79 Å². The summed E-state index contributed by atoms with van der Waals surface area (Å²) in [4.78, 5) is 1.76. The molecule has 0 radical (unpaired) electrons. The monoisotopic (exact) mass is 327 g/mol. The third kappa shape index (κ3) is 3.13. The normalized spacial score (nSPS) is 17.2. The molecule has 0 aliphatic carbocycles. The molecule has 0 amide bonds. The number of hydrogen-bond acceptors (Lipinski definition) is 2. The topological polar surface area (TPSA) is 35.1 Å². The summed E-state index contributed by atoms with van der Waals surface area (Å²) in [6.45, 7) is 11.4. The molecule has 2 aromatic carbocycles. The van der Waals surface area contributed by atoms with Crippen molar-refractivity contribution in [2.75, 3.05) is 5.32 Å². The second kappa shape index (κ2) is 5.57. The highest BCUT2D eigenvalue weighted by Gasteiger charge is 2.35. The van der Waals surface area contributed by atoms with E-state index in [0.717, 1.165) is 27.6 Å². The van der Waals surface area contributed by atoms with Crippen molar-refractivity contribution in [2.45, 2.75) is 56.2 Å². The molecule has 122 valence electrons. The molecule has 0 spiro atoms. The molecule has 0 saturated heterocycles. The van der Waals surface area contributed by atoms with Crippen LogP contribution >= 0.6 is 0 Å². The fraction of sp³-hybridized carbons (Fsp3) is 0.400. The highest BCUT2D eigenvalue weighted by Crippen LogP contribution is 2.46. The zero-order chi connectivity index (χ0) is 16.8. The molecule has 2 aromatic rings. The lowest BCUT2D eigenvalue weighted by atomic mass is 9.72. The summed E-state index contributed by atoms with van der Waals surface area (Å²) < 4.78 is 12.9. The van der Waals surface area contributed by atoms with Gasteiger partial charge in [-0.25, -0.2) is 0 Å². The molecule has 23 heavy (non-hydrogen) atoms. The first-order valence-electron chi connectivity index (χ1n) is 8.10. The quantitative estimate of drug-likeness (QED) is 0.726. The molecule has 1 heterocycles. The number of anilines is 2. The third-order valence-electron chi connectivity index (χ3n) is 4.27. The Kier molecular flexibility index (Phi) is 3.97. The first-order valence-corrected chi connectivity index (χ1v) is 9.25. The molecule has 0 fully saturated rings. The summed E-state index contributed by atoms with van der Waals surface area (Å²) in [5.41, 5.74) is 3.47. The lowest BCUT2D eigenvalue weighted by Gasteiger charge is -2.36. The SMILES string of the molecule is CC(C)(C)CC(C)(C)c1cccc2c1Nc1ccccc1[S+]2[O-]. The van der Waals surface area contributed by atoms with E-state index >= 15 is 0 Å². The Morgan fingerprint density at radius 1 is 0.913 bits per heavy atom. The molecule has 1 aliphatic rings. The van der Waals surface area contributed by atoms with Crippen LogP contribution in [0.15, 0.2) is 52.3 Å². The van der Waals surface area contributed by atoms with Crippen molar-refractivity contribution >= 4 is 22.6 Å². The average Bonchev–Trinajstić information content (AvgIpc) is 2.44. The van der Waals surface area contributed by atoms with Crippen LogP contribution in [0.25, 0.3) is 0 Å². The maximum Gasteiger partial charge on any atom is 0.182 e. The standard InChI is InChI=1S/C20H25NOS/c1-19(2,3)13-20(4,5)14-9-8-12-17-18(14)21-15-10-6-7-11-16(15)23(17)22/h6-12,21H,13H2,1-5H3. The van der Waals surface area contributed by atoms with Gasteiger partial charge in [0.25, 0.3) is 0 Å². The van der Waals surface area contributed by atoms with Crippen molar-refractivity contribution in [2.24, 2.45) is 5.41 Å². The van der Waals surface area contributed by atoms with Gasteiger partial charge >= 0.3 is 0 Å². The summed E-state index contributed by atoms with van der Waals surface area (Å²) in [6, 6.07) is 14.0. The Morgan fingerprint density at radius 3 is 2.26 bits per heavy atom. The van der Waals surface area contributed by atoms with E-state index in [-0.39, 0.29) is 10.8 Å². The number of rotatable bonds is 2. The molecule has 1 aliphatic heterocycles. The van der Waals surface area contributed by atoms with Crippen LogP contribution in [-0.2, 0) is 16.6 Å². The van der Waals surface area contributed by atoms with Gasteiger partial charge in [-0.2, -0.15) is 0 Å². The summed E-state index contributed by atoms with van der Waals surface area (Å²) in [7, 11) is 0. The summed E-state index contributed by atoms with van der Waals surface area (Å²) in [5.74, 6) is 0. The van der Waals surface area contributed by atoms with Gasteiger partial charge in [-0.3, -0.25) is 0 Å². The Hall–Kier alpha value is -1.45.